The number of aromatic nitrogens is 2. The van der Waals surface area contributed by atoms with E-state index in [2.05, 4.69) is 46.5 Å². The number of hydrogen-bond acceptors (Lipinski definition) is 4. The van der Waals surface area contributed by atoms with Crippen LogP contribution in [0.25, 0.3) is 0 Å². The molecular formula is C19H26N4O2. The van der Waals surface area contributed by atoms with Gasteiger partial charge in [-0.1, -0.05) is 29.8 Å². The number of nitrogens with one attached hydrogen (secondary N) is 1. The SMILES string of the molecule is Cc1cccc(CN(CC(=O)Nc2ccn(C)n2)CC2CCCO2)c1. The maximum Gasteiger partial charge on any atom is 0.239 e. The number of carbonyl (C=O) groups is 1. The molecule has 6 heteroatoms. The van der Waals surface area contributed by atoms with Crippen molar-refractivity contribution in [2.24, 2.45) is 7.05 Å². The van der Waals surface area contributed by atoms with Crippen molar-refractivity contribution in [1.29, 1.82) is 0 Å². The fourth-order valence-electron chi connectivity index (χ4n) is 3.20. The highest BCUT2D eigenvalue weighted by molar-refractivity contribution is 5.91. The van der Waals surface area contributed by atoms with E-state index in [4.69, 9.17) is 4.74 Å². The number of aryl methyl sites for hydroxylation is 2. The van der Waals surface area contributed by atoms with Crippen LogP contribution in [0.4, 0.5) is 5.82 Å². The van der Waals surface area contributed by atoms with Gasteiger partial charge < -0.3 is 10.1 Å². The van der Waals surface area contributed by atoms with Crippen LogP contribution in [0.2, 0.25) is 0 Å². The minimum Gasteiger partial charge on any atom is -0.377 e. The monoisotopic (exact) mass is 342 g/mol. The van der Waals surface area contributed by atoms with Crippen LogP contribution in [0, 0.1) is 6.92 Å². The van der Waals surface area contributed by atoms with Gasteiger partial charge in [-0.15, -0.1) is 0 Å². The number of benzene rings is 1. The van der Waals surface area contributed by atoms with Gasteiger partial charge in [-0.3, -0.25) is 14.4 Å². The van der Waals surface area contributed by atoms with E-state index in [1.807, 2.05) is 13.2 Å². The third-order valence-corrected chi connectivity index (χ3v) is 4.32. The maximum atomic E-state index is 12.4. The van der Waals surface area contributed by atoms with Gasteiger partial charge in [0.1, 0.15) is 0 Å². The molecule has 1 aliphatic heterocycles. The van der Waals surface area contributed by atoms with Crippen molar-refractivity contribution < 1.29 is 9.53 Å². The van der Waals surface area contributed by atoms with E-state index in [1.165, 1.54) is 11.1 Å². The number of ether oxygens (including phenoxy) is 1. The first-order valence-electron chi connectivity index (χ1n) is 8.77. The Kier molecular flexibility index (Phi) is 5.83. The molecule has 1 amide bonds. The Labute approximate surface area is 148 Å². The fourth-order valence-corrected chi connectivity index (χ4v) is 3.20. The molecule has 6 nitrogen and oxygen atoms in total. The lowest BCUT2D eigenvalue weighted by molar-refractivity contribution is -0.117. The molecule has 2 aromatic rings. The second-order valence-corrected chi connectivity index (χ2v) is 6.72. The van der Waals surface area contributed by atoms with E-state index < -0.39 is 0 Å². The fraction of sp³-hybridized carbons (Fsp3) is 0.474. The van der Waals surface area contributed by atoms with Gasteiger partial charge >= 0.3 is 0 Å². The maximum absolute atomic E-state index is 12.4. The number of anilines is 1. The molecule has 2 heterocycles. The Bertz CT molecular complexity index is 707. The Morgan fingerprint density at radius 2 is 2.32 bits per heavy atom. The average Bonchev–Trinajstić information content (AvgIpc) is 3.19. The molecule has 1 aromatic heterocycles. The molecule has 1 atom stereocenters. The molecule has 1 fully saturated rings. The predicted octanol–water partition coefficient (Wildman–Crippen LogP) is 2.35. The number of carbonyl (C=O) groups excluding carboxylic acids is 1. The van der Waals surface area contributed by atoms with Crippen molar-refractivity contribution in [3.05, 3.63) is 47.7 Å². The molecular weight excluding hydrogens is 316 g/mol. The smallest absolute Gasteiger partial charge is 0.239 e. The summed E-state index contributed by atoms with van der Waals surface area (Å²) in [6.45, 7) is 4.73. The zero-order chi connectivity index (χ0) is 17.6. The average molecular weight is 342 g/mol. The van der Waals surface area contributed by atoms with E-state index in [0.29, 0.717) is 12.4 Å². The van der Waals surface area contributed by atoms with Crippen LogP contribution in [-0.4, -0.2) is 46.4 Å². The summed E-state index contributed by atoms with van der Waals surface area (Å²) in [6, 6.07) is 10.2. The van der Waals surface area contributed by atoms with Crippen molar-refractivity contribution in [3.63, 3.8) is 0 Å². The van der Waals surface area contributed by atoms with E-state index >= 15 is 0 Å². The third kappa shape index (κ3) is 5.41. The lowest BCUT2D eigenvalue weighted by Gasteiger charge is -2.24. The minimum absolute atomic E-state index is 0.0515. The first-order chi connectivity index (χ1) is 12.1. The van der Waals surface area contributed by atoms with Gasteiger partial charge in [0.15, 0.2) is 5.82 Å². The summed E-state index contributed by atoms with van der Waals surface area (Å²) in [4.78, 5) is 14.6. The van der Waals surface area contributed by atoms with Crippen molar-refractivity contribution in [3.8, 4) is 0 Å². The Balaban J connectivity index is 1.63. The van der Waals surface area contributed by atoms with Gasteiger partial charge in [0.2, 0.25) is 5.91 Å². The summed E-state index contributed by atoms with van der Waals surface area (Å²) in [6.07, 6.45) is 4.19. The molecule has 1 aliphatic rings. The Morgan fingerprint density at radius 1 is 1.44 bits per heavy atom. The van der Waals surface area contributed by atoms with E-state index in [0.717, 1.165) is 32.5 Å². The second kappa shape index (κ2) is 8.27. The Hall–Kier alpha value is -2.18. The van der Waals surface area contributed by atoms with Crippen LogP contribution in [0.15, 0.2) is 36.5 Å². The molecule has 1 unspecified atom stereocenters. The molecule has 0 aliphatic carbocycles. The second-order valence-electron chi connectivity index (χ2n) is 6.72. The molecule has 0 spiro atoms. The summed E-state index contributed by atoms with van der Waals surface area (Å²) in [5, 5.41) is 7.06. The van der Waals surface area contributed by atoms with Crippen LogP contribution in [0.5, 0.6) is 0 Å². The highest BCUT2D eigenvalue weighted by Gasteiger charge is 2.21. The van der Waals surface area contributed by atoms with Crippen molar-refractivity contribution >= 4 is 11.7 Å². The number of nitrogens with zero attached hydrogens (tertiary/aromatic N) is 3. The molecule has 1 N–H and O–H groups in total. The van der Waals surface area contributed by atoms with E-state index in [-0.39, 0.29) is 12.0 Å². The van der Waals surface area contributed by atoms with E-state index in [9.17, 15) is 4.79 Å². The summed E-state index contributed by atoms with van der Waals surface area (Å²) in [5.74, 6) is 0.532. The number of rotatable bonds is 7. The number of amides is 1. The summed E-state index contributed by atoms with van der Waals surface area (Å²) in [7, 11) is 1.83. The highest BCUT2D eigenvalue weighted by Crippen LogP contribution is 2.16. The van der Waals surface area contributed by atoms with Gasteiger partial charge in [-0.2, -0.15) is 5.10 Å². The van der Waals surface area contributed by atoms with Crippen LogP contribution in [0.3, 0.4) is 0 Å². The molecule has 0 saturated carbocycles. The van der Waals surface area contributed by atoms with Crippen LogP contribution in [-0.2, 0) is 23.1 Å². The first kappa shape index (κ1) is 17.6. The van der Waals surface area contributed by atoms with Gasteiger partial charge in [0.25, 0.3) is 0 Å². The highest BCUT2D eigenvalue weighted by atomic mass is 16.5. The molecule has 0 bridgehead atoms. The molecule has 1 saturated heterocycles. The minimum atomic E-state index is -0.0515. The predicted molar refractivity (Wildman–Crippen MR) is 97.3 cm³/mol. The van der Waals surface area contributed by atoms with Crippen LogP contribution >= 0.6 is 0 Å². The van der Waals surface area contributed by atoms with Gasteiger partial charge in [-0.25, -0.2) is 0 Å². The Morgan fingerprint density at radius 3 is 3.00 bits per heavy atom. The van der Waals surface area contributed by atoms with Crippen LogP contribution < -0.4 is 5.32 Å². The molecule has 25 heavy (non-hydrogen) atoms. The standard InChI is InChI=1S/C19H26N4O2/c1-15-5-3-6-16(11-15)12-23(13-17-7-4-10-25-17)14-19(24)20-18-8-9-22(2)21-18/h3,5-6,8-9,11,17H,4,7,10,12-14H2,1-2H3,(H,20,21,24). The molecule has 134 valence electrons. The normalized spacial score (nSPS) is 17.2. The molecule has 3 rings (SSSR count). The topological polar surface area (TPSA) is 59.4 Å². The first-order valence-corrected chi connectivity index (χ1v) is 8.77. The summed E-state index contributed by atoms with van der Waals surface area (Å²) >= 11 is 0. The lowest BCUT2D eigenvalue weighted by Crippen LogP contribution is -2.38. The van der Waals surface area contributed by atoms with Gasteiger partial charge in [0.05, 0.1) is 12.6 Å². The zero-order valence-corrected chi connectivity index (χ0v) is 14.9. The summed E-state index contributed by atoms with van der Waals surface area (Å²) in [5.41, 5.74) is 2.44. The van der Waals surface area contributed by atoms with Crippen LogP contribution in [0.1, 0.15) is 24.0 Å². The van der Waals surface area contributed by atoms with Gasteiger partial charge in [-0.05, 0) is 25.3 Å². The third-order valence-electron chi connectivity index (χ3n) is 4.32. The number of hydrogen-bond donors (Lipinski definition) is 1. The largest absolute Gasteiger partial charge is 0.377 e. The lowest BCUT2D eigenvalue weighted by atomic mass is 10.1. The van der Waals surface area contributed by atoms with Gasteiger partial charge in [0, 0.05) is 39.0 Å². The van der Waals surface area contributed by atoms with E-state index in [1.54, 1.807) is 10.7 Å². The quantitative estimate of drug-likeness (QED) is 0.839. The van der Waals surface area contributed by atoms with Crippen molar-refractivity contribution in [2.45, 2.75) is 32.4 Å². The van der Waals surface area contributed by atoms with Crippen molar-refractivity contribution in [2.75, 3.05) is 25.0 Å². The van der Waals surface area contributed by atoms with Crippen molar-refractivity contribution in [1.82, 2.24) is 14.7 Å². The zero-order valence-electron chi connectivity index (χ0n) is 14.9. The molecule has 1 aromatic carbocycles. The summed E-state index contributed by atoms with van der Waals surface area (Å²) < 4.78 is 7.43. The molecule has 0 radical (unpaired) electrons.